The normalized spacial score (nSPS) is 13.9. The predicted molar refractivity (Wildman–Crippen MR) is 161 cm³/mol. The summed E-state index contributed by atoms with van der Waals surface area (Å²) in [6, 6.07) is 13.2. The van der Waals surface area contributed by atoms with Crippen molar-refractivity contribution in [2.24, 2.45) is 0 Å². The van der Waals surface area contributed by atoms with Crippen LogP contribution in [0.25, 0.3) is 21.3 Å². The number of aromatic nitrogens is 2. The van der Waals surface area contributed by atoms with E-state index in [9.17, 15) is 9.59 Å². The number of nitrogens with zero attached hydrogens (tertiary/aromatic N) is 5. The molecule has 1 aliphatic heterocycles. The molecule has 0 saturated carbocycles. The summed E-state index contributed by atoms with van der Waals surface area (Å²) in [5.41, 5.74) is 3.31. The van der Waals surface area contributed by atoms with E-state index < -0.39 is 5.97 Å². The Hall–Kier alpha value is -4.22. The molecule has 10 nitrogen and oxygen atoms in total. The van der Waals surface area contributed by atoms with Gasteiger partial charge in [-0.3, -0.25) is 4.79 Å². The third kappa shape index (κ3) is 5.68. The summed E-state index contributed by atoms with van der Waals surface area (Å²) in [7, 11) is 5.03. The van der Waals surface area contributed by atoms with Crippen LogP contribution in [0.5, 0.6) is 11.5 Å². The number of benzene rings is 2. The highest BCUT2D eigenvalue weighted by molar-refractivity contribution is 7.21. The second-order valence-electron chi connectivity index (χ2n) is 9.97. The minimum absolute atomic E-state index is 0.120. The van der Waals surface area contributed by atoms with Crippen molar-refractivity contribution in [3.63, 3.8) is 0 Å². The zero-order valence-corrected chi connectivity index (χ0v) is 24.6. The molecular formula is C30H33N5O5S. The first-order valence-electron chi connectivity index (χ1n) is 13.3. The van der Waals surface area contributed by atoms with Crippen molar-refractivity contribution in [2.45, 2.75) is 20.0 Å². The fourth-order valence-electron chi connectivity index (χ4n) is 4.86. The summed E-state index contributed by atoms with van der Waals surface area (Å²) < 4.78 is 17.5. The van der Waals surface area contributed by atoms with E-state index in [0.29, 0.717) is 49.8 Å². The number of rotatable bonds is 9. The molecule has 0 bridgehead atoms. The summed E-state index contributed by atoms with van der Waals surface area (Å²) >= 11 is 1.23. The number of carbonyl (C=O) groups is 2. The molecule has 5 rings (SSSR count). The Balaban J connectivity index is 1.63. The van der Waals surface area contributed by atoms with Crippen molar-refractivity contribution >= 4 is 51.3 Å². The van der Waals surface area contributed by atoms with E-state index in [1.54, 1.807) is 13.3 Å². The summed E-state index contributed by atoms with van der Waals surface area (Å²) in [4.78, 5) is 41.1. The summed E-state index contributed by atoms with van der Waals surface area (Å²) in [5, 5.41) is 0. The Labute approximate surface area is 243 Å². The number of esters is 1. The van der Waals surface area contributed by atoms with E-state index in [2.05, 4.69) is 21.8 Å². The number of methoxy groups -OCH3 is 2. The van der Waals surface area contributed by atoms with E-state index in [0.717, 1.165) is 31.9 Å². The first-order chi connectivity index (χ1) is 19.8. The number of ether oxygens (including phenoxy) is 3. The molecule has 1 amide bonds. The molecule has 0 spiro atoms. The van der Waals surface area contributed by atoms with Crippen LogP contribution < -0.4 is 19.3 Å². The van der Waals surface area contributed by atoms with Crippen molar-refractivity contribution < 1.29 is 23.8 Å². The fourth-order valence-corrected chi connectivity index (χ4v) is 5.91. The van der Waals surface area contributed by atoms with Crippen molar-refractivity contribution in [2.75, 3.05) is 57.2 Å². The van der Waals surface area contributed by atoms with Crippen molar-refractivity contribution in [3.05, 3.63) is 53.5 Å². The number of thiophene rings is 1. The molecule has 1 aliphatic rings. The number of hydrogen-bond acceptors (Lipinski definition) is 10. The predicted octanol–water partition coefficient (Wildman–Crippen LogP) is 4.99. The Morgan fingerprint density at radius 2 is 1.83 bits per heavy atom. The molecule has 41 heavy (non-hydrogen) atoms. The van der Waals surface area contributed by atoms with Crippen molar-refractivity contribution in [1.29, 1.82) is 0 Å². The average Bonchev–Trinajstić information content (AvgIpc) is 3.36. The number of para-hydroxylation sites is 1. The molecule has 2 aromatic carbocycles. The van der Waals surface area contributed by atoms with Gasteiger partial charge in [0.2, 0.25) is 12.4 Å². The molecule has 214 valence electrons. The van der Waals surface area contributed by atoms with Gasteiger partial charge in [0.1, 0.15) is 16.4 Å². The van der Waals surface area contributed by atoms with Crippen LogP contribution >= 0.6 is 11.3 Å². The Morgan fingerprint density at radius 1 is 1.07 bits per heavy atom. The van der Waals surface area contributed by atoms with Crippen LogP contribution in [0.15, 0.2) is 48.7 Å². The number of likely N-dealkylation sites (N-methyl/N-ethyl adjacent to an activating group) is 1. The van der Waals surface area contributed by atoms with Crippen LogP contribution in [0.1, 0.15) is 23.5 Å². The van der Waals surface area contributed by atoms with Gasteiger partial charge >= 0.3 is 5.97 Å². The van der Waals surface area contributed by atoms with Crippen LogP contribution in [-0.4, -0.2) is 80.8 Å². The minimum atomic E-state index is -0.491. The number of amides is 1. The third-order valence-corrected chi connectivity index (χ3v) is 8.01. The topological polar surface area (TPSA) is 97.3 Å². The second-order valence-corrected chi connectivity index (χ2v) is 11.0. The maximum Gasteiger partial charge on any atom is 0.348 e. The maximum atomic E-state index is 12.8. The first kappa shape index (κ1) is 28.3. The highest BCUT2D eigenvalue weighted by atomic mass is 32.1. The van der Waals surface area contributed by atoms with Crippen LogP contribution in [0.2, 0.25) is 0 Å². The maximum absolute atomic E-state index is 12.8. The van der Waals surface area contributed by atoms with Gasteiger partial charge in [0.15, 0.2) is 0 Å². The van der Waals surface area contributed by atoms with Gasteiger partial charge in [0.25, 0.3) is 0 Å². The first-order valence-corrected chi connectivity index (χ1v) is 14.2. The molecule has 0 unspecified atom stereocenters. The van der Waals surface area contributed by atoms with Gasteiger partial charge < -0.3 is 24.0 Å². The van der Waals surface area contributed by atoms with E-state index >= 15 is 0 Å². The van der Waals surface area contributed by atoms with Crippen LogP contribution in [0.4, 0.5) is 17.3 Å². The lowest BCUT2D eigenvalue weighted by molar-refractivity contribution is -0.106. The number of hydrogen-bond donors (Lipinski definition) is 0. The standard InChI is InChI=1S/C30H33N5O5S/c1-19(2)40-24-16-20(34-14-12-33(3)13-15-34)10-11-22(24)35(18-36)30-31-17-25-27(32-30)26(28(41-25)29(37)39-5)21-8-6-7-9-23(21)38-4/h6-11,16-19H,12-15H2,1-5H3. The number of piperazine rings is 1. The van der Waals surface area contributed by atoms with Gasteiger partial charge in [-0.15, -0.1) is 11.3 Å². The van der Waals surface area contributed by atoms with Gasteiger partial charge in [-0.1, -0.05) is 18.2 Å². The SMILES string of the molecule is COC(=O)c1sc2cnc(N(C=O)c3ccc(N4CCN(C)CC4)cc3OC(C)C)nc2c1-c1ccccc1OC. The molecule has 0 N–H and O–H groups in total. The molecule has 1 fully saturated rings. The Kier molecular flexibility index (Phi) is 8.36. The van der Waals surface area contributed by atoms with Gasteiger partial charge in [-0.25, -0.2) is 19.7 Å². The number of carbonyl (C=O) groups excluding carboxylic acids is 2. The lowest BCUT2D eigenvalue weighted by Gasteiger charge is -2.34. The van der Waals surface area contributed by atoms with Gasteiger partial charge in [-0.05, 0) is 39.1 Å². The molecule has 2 aromatic heterocycles. The van der Waals surface area contributed by atoms with Crippen molar-refractivity contribution in [3.8, 4) is 22.6 Å². The molecule has 0 aliphatic carbocycles. The highest BCUT2D eigenvalue weighted by Crippen LogP contribution is 2.43. The monoisotopic (exact) mass is 575 g/mol. The van der Waals surface area contributed by atoms with Crippen LogP contribution in [0.3, 0.4) is 0 Å². The average molecular weight is 576 g/mol. The molecule has 11 heteroatoms. The van der Waals surface area contributed by atoms with E-state index in [4.69, 9.17) is 19.2 Å². The molecule has 0 radical (unpaired) electrons. The lowest BCUT2D eigenvalue weighted by atomic mass is 10.0. The smallest absolute Gasteiger partial charge is 0.348 e. The van der Waals surface area contributed by atoms with Crippen LogP contribution in [-0.2, 0) is 9.53 Å². The largest absolute Gasteiger partial charge is 0.496 e. The third-order valence-electron chi connectivity index (χ3n) is 6.92. The zero-order valence-electron chi connectivity index (χ0n) is 23.8. The van der Waals surface area contributed by atoms with E-state index in [-0.39, 0.29) is 12.1 Å². The fraction of sp³-hybridized carbons (Fsp3) is 0.333. The van der Waals surface area contributed by atoms with Gasteiger partial charge in [0, 0.05) is 49.1 Å². The molecule has 0 atom stereocenters. The Bertz CT molecular complexity index is 1560. The quantitative estimate of drug-likeness (QED) is 0.202. The summed E-state index contributed by atoms with van der Waals surface area (Å²) in [6.07, 6.45) is 2.17. The lowest BCUT2D eigenvalue weighted by Crippen LogP contribution is -2.44. The Morgan fingerprint density at radius 3 is 2.51 bits per heavy atom. The van der Waals surface area contributed by atoms with Gasteiger partial charge in [-0.2, -0.15) is 0 Å². The number of fused-ring (bicyclic) bond motifs is 1. The highest BCUT2D eigenvalue weighted by Gasteiger charge is 2.26. The van der Waals surface area contributed by atoms with E-state index in [1.165, 1.54) is 23.3 Å². The minimum Gasteiger partial charge on any atom is -0.496 e. The molecule has 1 saturated heterocycles. The zero-order chi connectivity index (χ0) is 29.1. The second kappa shape index (κ2) is 12.1. The molecular weight excluding hydrogens is 542 g/mol. The van der Waals surface area contributed by atoms with Crippen LogP contribution in [0, 0.1) is 0 Å². The van der Waals surface area contributed by atoms with Gasteiger partial charge in [0.05, 0.1) is 42.4 Å². The summed E-state index contributed by atoms with van der Waals surface area (Å²) in [5.74, 6) is 0.795. The number of anilines is 3. The summed E-state index contributed by atoms with van der Waals surface area (Å²) in [6.45, 7) is 7.64. The molecule has 4 aromatic rings. The molecule has 3 heterocycles. The van der Waals surface area contributed by atoms with E-state index in [1.807, 2.05) is 56.3 Å². The van der Waals surface area contributed by atoms with Crippen molar-refractivity contribution in [1.82, 2.24) is 14.9 Å².